The number of rotatable bonds is 2. The number of hydrogen-bond donors (Lipinski definition) is 1. The molecule has 0 unspecified atom stereocenters. The summed E-state index contributed by atoms with van der Waals surface area (Å²) in [5.41, 5.74) is 3.47. The second-order valence-corrected chi connectivity index (χ2v) is 4.61. The molecule has 1 fully saturated rings. The summed E-state index contributed by atoms with van der Waals surface area (Å²) in [7, 11) is 4.07. The van der Waals surface area contributed by atoms with E-state index in [0.717, 1.165) is 11.2 Å². The third kappa shape index (κ3) is 1.31. The average molecular weight is 215 g/mol. The van der Waals surface area contributed by atoms with E-state index in [2.05, 4.69) is 35.1 Å². The molecule has 1 aromatic heterocycles. The van der Waals surface area contributed by atoms with Crippen molar-refractivity contribution in [3.8, 4) is 0 Å². The SMILES string of the molecule is CNc1ccc2c(c1)nc(C1CCC1)n2C. The van der Waals surface area contributed by atoms with Crippen LogP contribution in [0.25, 0.3) is 11.0 Å². The lowest BCUT2D eigenvalue weighted by Crippen LogP contribution is -2.13. The molecule has 1 heterocycles. The topological polar surface area (TPSA) is 29.9 Å². The molecular weight excluding hydrogens is 198 g/mol. The van der Waals surface area contributed by atoms with Gasteiger partial charge >= 0.3 is 0 Å². The highest BCUT2D eigenvalue weighted by Crippen LogP contribution is 2.36. The first-order chi connectivity index (χ1) is 7.79. The van der Waals surface area contributed by atoms with Crippen LogP contribution in [0.15, 0.2) is 18.2 Å². The van der Waals surface area contributed by atoms with Crippen molar-refractivity contribution in [3.05, 3.63) is 24.0 Å². The maximum Gasteiger partial charge on any atom is 0.112 e. The second-order valence-electron chi connectivity index (χ2n) is 4.61. The smallest absolute Gasteiger partial charge is 0.112 e. The Hall–Kier alpha value is -1.51. The Labute approximate surface area is 95.5 Å². The molecule has 1 N–H and O–H groups in total. The number of benzene rings is 1. The van der Waals surface area contributed by atoms with Crippen molar-refractivity contribution >= 4 is 16.7 Å². The molecule has 0 spiro atoms. The van der Waals surface area contributed by atoms with Crippen molar-refractivity contribution in [2.75, 3.05) is 12.4 Å². The van der Waals surface area contributed by atoms with Crippen LogP contribution < -0.4 is 5.32 Å². The summed E-state index contributed by atoms with van der Waals surface area (Å²) in [4.78, 5) is 4.77. The fourth-order valence-corrected chi connectivity index (χ4v) is 2.41. The Morgan fingerprint density at radius 2 is 2.19 bits per heavy atom. The Morgan fingerprint density at radius 1 is 1.38 bits per heavy atom. The van der Waals surface area contributed by atoms with E-state index in [9.17, 15) is 0 Å². The first-order valence-corrected chi connectivity index (χ1v) is 5.93. The number of aromatic nitrogens is 2. The minimum atomic E-state index is 0.690. The van der Waals surface area contributed by atoms with Crippen LogP contribution in [-0.2, 0) is 7.05 Å². The van der Waals surface area contributed by atoms with Crippen LogP contribution >= 0.6 is 0 Å². The van der Waals surface area contributed by atoms with E-state index < -0.39 is 0 Å². The Balaban J connectivity index is 2.13. The zero-order chi connectivity index (χ0) is 11.1. The first-order valence-electron chi connectivity index (χ1n) is 5.93. The van der Waals surface area contributed by atoms with Gasteiger partial charge in [0.15, 0.2) is 0 Å². The highest BCUT2D eigenvalue weighted by atomic mass is 15.1. The van der Waals surface area contributed by atoms with Gasteiger partial charge in [0.2, 0.25) is 0 Å². The maximum atomic E-state index is 4.77. The predicted octanol–water partition coefficient (Wildman–Crippen LogP) is 2.88. The lowest BCUT2D eigenvalue weighted by molar-refractivity contribution is 0.395. The third-order valence-corrected chi connectivity index (χ3v) is 3.67. The summed E-state index contributed by atoms with van der Waals surface area (Å²) in [6, 6.07) is 6.38. The summed E-state index contributed by atoms with van der Waals surface area (Å²) in [5, 5.41) is 3.16. The molecule has 1 aliphatic rings. The molecule has 84 valence electrons. The van der Waals surface area contributed by atoms with Crippen molar-refractivity contribution < 1.29 is 0 Å². The highest BCUT2D eigenvalue weighted by molar-refractivity contribution is 5.80. The number of nitrogens with one attached hydrogen (secondary N) is 1. The standard InChI is InChI=1S/C13H17N3/c1-14-10-6-7-12-11(8-10)15-13(16(12)2)9-4-3-5-9/h6-9,14H,3-5H2,1-2H3. The van der Waals surface area contributed by atoms with Crippen LogP contribution in [0, 0.1) is 0 Å². The minimum absolute atomic E-state index is 0.690. The Kier molecular flexibility index (Phi) is 2.13. The van der Waals surface area contributed by atoms with Gasteiger partial charge in [-0.25, -0.2) is 4.98 Å². The molecule has 0 saturated heterocycles. The molecule has 0 aliphatic heterocycles. The largest absolute Gasteiger partial charge is 0.388 e. The van der Waals surface area contributed by atoms with Gasteiger partial charge in [0.25, 0.3) is 0 Å². The van der Waals surface area contributed by atoms with E-state index in [1.807, 2.05) is 7.05 Å². The van der Waals surface area contributed by atoms with E-state index in [-0.39, 0.29) is 0 Å². The van der Waals surface area contributed by atoms with E-state index in [1.165, 1.54) is 30.6 Å². The number of anilines is 1. The van der Waals surface area contributed by atoms with Crippen LogP contribution in [0.4, 0.5) is 5.69 Å². The molecule has 0 radical (unpaired) electrons. The van der Waals surface area contributed by atoms with Crippen LogP contribution in [-0.4, -0.2) is 16.6 Å². The predicted molar refractivity (Wildman–Crippen MR) is 66.9 cm³/mol. The van der Waals surface area contributed by atoms with Crippen molar-refractivity contribution in [2.24, 2.45) is 7.05 Å². The van der Waals surface area contributed by atoms with Gasteiger partial charge in [-0.1, -0.05) is 6.42 Å². The molecule has 3 nitrogen and oxygen atoms in total. The van der Waals surface area contributed by atoms with Crippen molar-refractivity contribution in [3.63, 3.8) is 0 Å². The van der Waals surface area contributed by atoms with Crippen LogP contribution in [0.2, 0.25) is 0 Å². The molecule has 3 rings (SSSR count). The van der Waals surface area contributed by atoms with Gasteiger partial charge in [-0.15, -0.1) is 0 Å². The number of imidazole rings is 1. The van der Waals surface area contributed by atoms with Gasteiger partial charge in [0.05, 0.1) is 11.0 Å². The van der Waals surface area contributed by atoms with Crippen LogP contribution in [0.5, 0.6) is 0 Å². The van der Waals surface area contributed by atoms with Gasteiger partial charge in [-0.3, -0.25) is 0 Å². The lowest BCUT2D eigenvalue weighted by Gasteiger charge is -2.24. The summed E-state index contributed by atoms with van der Waals surface area (Å²) in [5.74, 6) is 1.95. The number of aryl methyl sites for hydroxylation is 1. The summed E-state index contributed by atoms with van der Waals surface area (Å²) < 4.78 is 2.25. The maximum absolute atomic E-state index is 4.77. The van der Waals surface area contributed by atoms with E-state index in [1.54, 1.807) is 0 Å². The molecule has 1 aromatic carbocycles. The monoisotopic (exact) mass is 215 g/mol. The highest BCUT2D eigenvalue weighted by Gasteiger charge is 2.24. The van der Waals surface area contributed by atoms with Gasteiger partial charge in [-0.05, 0) is 31.0 Å². The normalized spacial score (nSPS) is 16.4. The lowest BCUT2D eigenvalue weighted by atomic mass is 9.85. The van der Waals surface area contributed by atoms with E-state index in [0.29, 0.717) is 5.92 Å². The molecular formula is C13H17N3. The van der Waals surface area contributed by atoms with Crippen LogP contribution in [0.3, 0.4) is 0 Å². The minimum Gasteiger partial charge on any atom is -0.388 e. The molecule has 3 heteroatoms. The molecule has 0 bridgehead atoms. The summed E-state index contributed by atoms with van der Waals surface area (Å²) in [6.07, 6.45) is 3.96. The van der Waals surface area contributed by atoms with Crippen molar-refractivity contribution in [1.82, 2.24) is 9.55 Å². The quantitative estimate of drug-likeness (QED) is 0.834. The Morgan fingerprint density at radius 3 is 2.81 bits per heavy atom. The molecule has 16 heavy (non-hydrogen) atoms. The summed E-state index contributed by atoms with van der Waals surface area (Å²) in [6.45, 7) is 0. The fraction of sp³-hybridized carbons (Fsp3) is 0.462. The summed E-state index contributed by atoms with van der Waals surface area (Å²) >= 11 is 0. The van der Waals surface area contributed by atoms with Gasteiger partial charge < -0.3 is 9.88 Å². The average Bonchev–Trinajstić information content (AvgIpc) is 2.54. The van der Waals surface area contributed by atoms with Crippen molar-refractivity contribution in [1.29, 1.82) is 0 Å². The van der Waals surface area contributed by atoms with Gasteiger partial charge in [-0.2, -0.15) is 0 Å². The molecule has 0 atom stereocenters. The van der Waals surface area contributed by atoms with Crippen molar-refractivity contribution in [2.45, 2.75) is 25.2 Å². The number of hydrogen-bond acceptors (Lipinski definition) is 2. The van der Waals surface area contributed by atoms with Gasteiger partial charge in [0, 0.05) is 25.7 Å². The molecule has 1 saturated carbocycles. The number of fused-ring (bicyclic) bond motifs is 1. The molecule has 0 amide bonds. The fourth-order valence-electron chi connectivity index (χ4n) is 2.41. The number of nitrogens with zero attached hydrogens (tertiary/aromatic N) is 2. The molecule has 1 aliphatic carbocycles. The molecule has 2 aromatic rings. The van der Waals surface area contributed by atoms with E-state index >= 15 is 0 Å². The zero-order valence-corrected chi connectivity index (χ0v) is 9.83. The third-order valence-electron chi connectivity index (χ3n) is 3.67. The Bertz CT molecular complexity index is 523. The van der Waals surface area contributed by atoms with E-state index in [4.69, 9.17) is 4.98 Å². The van der Waals surface area contributed by atoms with Crippen LogP contribution in [0.1, 0.15) is 31.0 Å². The first kappa shape index (κ1) is 9.70. The van der Waals surface area contributed by atoms with Gasteiger partial charge in [0.1, 0.15) is 5.82 Å². The zero-order valence-electron chi connectivity index (χ0n) is 9.83. The second kappa shape index (κ2) is 3.51.